The second-order valence-corrected chi connectivity index (χ2v) is 6.66. The highest BCUT2D eigenvalue weighted by molar-refractivity contribution is 5.85. The highest BCUT2D eigenvalue weighted by Gasteiger charge is 2.31. The van der Waals surface area contributed by atoms with Crippen molar-refractivity contribution in [1.29, 1.82) is 0 Å². The molecular weight excluding hydrogens is 321 g/mol. The Balaban J connectivity index is 0.00000121. The minimum absolute atomic E-state index is 0. The summed E-state index contributed by atoms with van der Waals surface area (Å²) >= 11 is 0. The summed E-state index contributed by atoms with van der Waals surface area (Å²) in [5, 5.41) is 3.39. The number of halogens is 2. The molecule has 3 heterocycles. The van der Waals surface area contributed by atoms with Crippen LogP contribution in [0.25, 0.3) is 0 Å². The Bertz CT molecular complexity index is 323. The first-order valence-electron chi connectivity index (χ1n) is 8.61. The first kappa shape index (κ1) is 20.0. The molecule has 0 aliphatic carbocycles. The van der Waals surface area contributed by atoms with Gasteiger partial charge in [0.2, 0.25) is 5.91 Å². The number of amides is 1. The Morgan fingerprint density at radius 2 is 1.50 bits per heavy atom. The summed E-state index contributed by atoms with van der Waals surface area (Å²) in [7, 11) is 0. The van der Waals surface area contributed by atoms with E-state index < -0.39 is 0 Å². The lowest BCUT2D eigenvalue weighted by Crippen LogP contribution is -2.53. The van der Waals surface area contributed by atoms with Crippen molar-refractivity contribution in [3.05, 3.63) is 0 Å². The Kier molecular flexibility index (Phi) is 9.07. The number of nitrogens with zero attached hydrogens (tertiary/aromatic N) is 2. The van der Waals surface area contributed by atoms with Crippen molar-refractivity contribution in [3.8, 4) is 0 Å². The third kappa shape index (κ3) is 4.98. The highest BCUT2D eigenvalue weighted by atomic mass is 35.5. The van der Waals surface area contributed by atoms with Gasteiger partial charge in [0.15, 0.2) is 0 Å². The SMILES string of the molecule is Cl.Cl.O=C(C1CCCCN1)N1CCC(N2CCCCC2)CC1. The molecule has 1 unspecified atom stereocenters. The number of rotatable bonds is 2. The maximum Gasteiger partial charge on any atom is 0.239 e. The maximum atomic E-state index is 12.5. The predicted molar refractivity (Wildman–Crippen MR) is 95.2 cm³/mol. The third-order valence-electron chi connectivity index (χ3n) is 5.29. The van der Waals surface area contributed by atoms with Gasteiger partial charge in [-0.05, 0) is 58.2 Å². The Hall–Kier alpha value is -0.0300. The van der Waals surface area contributed by atoms with E-state index in [-0.39, 0.29) is 30.9 Å². The zero-order chi connectivity index (χ0) is 13.8. The van der Waals surface area contributed by atoms with Gasteiger partial charge in [0.25, 0.3) is 0 Å². The van der Waals surface area contributed by atoms with E-state index in [1.165, 1.54) is 58.0 Å². The van der Waals surface area contributed by atoms with Crippen molar-refractivity contribution in [1.82, 2.24) is 15.1 Å². The smallest absolute Gasteiger partial charge is 0.239 e. The molecule has 3 fully saturated rings. The average Bonchev–Trinajstić information content (AvgIpc) is 2.56. The first-order chi connectivity index (χ1) is 9.84. The van der Waals surface area contributed by atoms with E-state index in [9.17, 15) is 4.79 Å². The van der Waals surface area contributed by atoms with Crippen molar-refractivity contribution < 1.29 is 4.79 Å². The molecule has 6 heteroatoms. The monoisotopic (exact) mass is 351 g/mol. The van der Waals surface area contributed by atoms with Crippen LogP contribution in [0, 0.1) is 0 Å². The van der Waals surface area contributed by atoms with Gasteiger partial charge >= 0.3 is 0 Å². The van der Waals surface area contributed by atoms with Gasteiger partial charge < -0.3 is 15.1 Å². The van der Waals surface area contributed by atoms with Gasteiger partial charge in [-0.3, -0.25) is 4.79 Å². The summed E-state index contributed by atoms with van der Waals surface area (Å²) < 4.78 is 0. The van der Waals surface area contributed by atoms with Crippen molar-refractivity contribution in [3.63, 3.8) is 0 Å². The molecule has 1 N–H and O–H groups in total. The van der Waals surface area contributed by atoms with Crippen LogP contribution in [0.15, 0.2) is 0 Å². The molecule has 0 spiro atoms. The molecule has 3 aliphatic heterocycles. The fraction of sp³-hybridized carbons (Fsp3) is 0.938. The zero-order valence-electron chi connectivity index (χ0n) is 13.5. The maximum absolute atomic E-state index is 12.5. The van der Waals surface area contributed by atoms with E-state index in [2.05, 4.69) is 15.1 Å². The number of hydrogen-bond donors (Lipinski definition) is 1. The lowest BCUT2D eigenvalue weighted by atomic mass is 9.98. The second kappa shape index (κ2) is 9.96. The molecule has 0 aromatic carbocycles. The zero-order valence-corrected chi connectivity index (χ0v) is 15.1. The van der Waals surface area contributed by atoms with Crippen LogP contribution in [0.2, 0.25) is 0 Å². The van der Waals surface area contributed by atoms with Crippen molar-refractivity contribution in [2.24, 2.45) is 0 Å². The van der Waals surface area contributed by atoms with Crippen LogP contribution in [-0.4, -0.2) is 60.5 Å². The van der Waals surface area contributed by atoms with Crippen LogP contribution in [-0.2, 0) is 4.79 Å². The van der Waals surface area contributed by atoms with Gasteiger partial charge in [0.05, 0.1) is 6.04 Å². The van der Waals surface area contributed by atoms with Crippen LogP contribution < -0.4 is 5.32 Å². The standard InChI is InChI=1S/C16H29N3O.2ClH/c20-16(15-6-2-3-9-17-15)19-12-7-14(8-13-19)18-10-4-1-5-11-18;;/h14-15,17H,1-13H2;2*1H. The van der Waals surface area contributed by atoms with Crippen LogP contribution >= 0.6 is 24.8 Å². The summed E-state index contributed by atoms with van der Waals surface area (Å²) in [5.74, 6) is 0.363. The number of carbonyl (C=O) groups is 1. The fourth-order valence-corrected chi connectivity index (χ4v) is 4.02. The fourth-order valence-electron chi connectivity index (χ4n) is 4.02. The molecule has 22 heavy (non-hydrogen) atoms. The van der Waals surface area contributed by atoms with E-state index >= 15 is 0 Å². The molecule has 0 aromatic rings. The van der Waals surface area contributed by atoms with Crippen LogP contribution in [0.4, 0.5) is 0 Å². The Morgan fingerprint density at radius 3 is 2.09 bits per heavy atom. The quantitative estimate of drug-likeness (QED) is 0.829. The predicted octanol–water partition coefficient (Wildman–Crippen LogP) is 2.45. The minimum Gasteiger partial charge on any atom is -0.341 e. The highest BCUT2D eigenvalue weighted by Crippen LogP contribution is 2.22. The summed E-state index contributed by atoms with van der Waals surface area (Å²) in [5.41, 5.74) is 0. The summed E-state index contributed by atoms with van der Waals surface area (Å²) in [6.07, 6.45) is 9.95. The molecule has 3 rings (SSSR count). The van der Waals surface area contributed by atoms with Gasteiger partial charge in [0.1, 0.15) is 0 Å². The molecule has 0 radical (unpaired) electrons. The van der Waals surface area contributed by atoms with Crippen molar-refractivity contribution >= 4 is 30.7 Å². The van der Waals surface area contributed by atoms with Gasteiger partial charge in [0, 0.05) is 19.1 Å². The minimum atomic E-state index is 0. The van der Waals surface area contributed by atoms with E-state index in [1.807, 2.05) is 0 Å². The lowest BCUT2D eigenvalue weighted by Gasteiger charge is -2.41. The summed E-state index contributed by atoms with van der Waals surface area (Å²) in [4.78, 5) is 17.3. The number of piperidine rings is 3. The average molecular weight is 352 g/mol. The first-order valence-corrected chi connectivity index (χ1v) is 8.61. The Morgan fingerprint density at radius 1 is 0.818 bits per heavy atom. The molecule has 1 atom stereocenters. The molecular formula is C16H31Cl2N3O. The van der Waals surface area contributed by atoms with E-state index in [1.54, 1.807) is 0 Å². The second-order valence-electron chi connectivity index (χ2n) is 6.66. The van der Waals surface area contributed by atoms with E-state index in [0.717, 1.165) is 32.1 Å². The van der Waals surface area contributed by atoms with Gasteiger partial charge in [-0.2, -0.15) is 0 Å². The molecule has 130 valence electrons. The van der Waals surface area contributed by atoms with Gasteiger partial charge in [-0.15, -0.1) is 24.8 Å². The topological polar surface area (TPSA) is 35.6 Å². The molecule has 0 aromatic heterocycles. The van der Waals surface area contributed by atoms with Gasteiger partial charge in [-0.1, -0.05) is 12.8 Å². The Labute approximate surface area is 147 Å². The number of hydrogen-bond acceptors (Lipinski definition) is 3. The van der Waals surface area contributed by atoms with E-state index in [0.29, 0.717) is 5.91 Å². The van der Waals surface area contributed by atoms with Crippen LogP contribution in [0.5, 0.6) is 0 Å². The molecule has 4 nitrogen and oxygen atoms in total. The number of carbonyl (C=O) groups excluding carboxylic acids is 1. The van der Waals surface area contributed by atoms with Crippen molar-refractivity contribution in [2.45, 2.75) is 63.5 Å². The lowest BCUT2D eigenvalue weighted by molar-refractivity contribution is -0.135. The molecule has 3 aliphatic rings. The van der Waals surface area contributed by atoms with Gasteiger partial charge in [-0.25, -0.2) is 0 Å². The largest absolute Gasteiger partial charge is 0.341 e. The third-order valence-corrected chi connectivity index (χ3v) is 5.29. The number of likely N-dealkylation sites (tertiary alicyclic amines) is 2. The molecule has 0 saturated carbocycles. The molecule has 1 amide bonds. The molecule has 0 bridgehead atoms. The normalized spacial score (nSPS) is 27.6. The van der Waals surface area contributed by atoms with Crippen molar-refractivity contribution in [2.75, 3.05) is 32.7 Å². The van der Waals surface area contributed by atoms with E-state index in [4.69, 9.17) is 0 Å². The summed E-state index contributed by atoms with van der Waals surface area (Å²) in [6.45, 7) is 5.52. The number of nitrogens with one attached hydrogen (secondary N) is 1. The van der Waals surface area contributed by atoms with Crippen LogP contribution in [0.3, 0.4) is 0 Å². The molecule has 3 saturated heterocycles. The summed E-state index contributed by atoms with van der Waals surface area (Å²) in [6, 6.07) is 0.842. The van der Waals surface area contributed by atoms with Crippen LogP contribution in [0.1, 0.15) is 51.4 Å².